The molecule has 0 radical (unpaired) electrons. The summed E-state index contributed by atoms with van der Waals surface area (Å²) in [6.45, 7) is 14.8. The summed E-state index contributed by atoms with van der Waals surface area (Å²) in [6, 6.07) is 5.10. The number of nitro benzene ring substituents is 1. The van der Waals surface area contributed by atoms with Gasteiger partial charge in [-0.2, -0.15) is 0 Å². The Kier molecular flexibility index (Phi) is 6.79. The summed E-state index contributed by atoms with van der Waals surface area (Å²) < 4.78 is 6.15. The van der Waals surface area contributed by atoms with Crippen LogP contribution in [0.2, 0.25) is 18.1 Å². The van der Waals surface area contributed by atoms with E-state index in [1.807, 2.05) is 13.0 Å². The molecule has 1 aliphatic rings. The second kappa shape index (κ2) is 8.43. The highest BCUT2D eigenvalue weighted by molar-refractivity contribution is 6.74. The zero-order chi connectivity index (χ0) is 22.0. The fourth-order valence-electron chi connectivity index (χ4n) is 3.30. The van der Waals surface area contributed by atoms with Crippen molar-refractivity contribution in [2.24, 2.45) is 0 Å². The van der Waals surface area contributed by atoms with Gasteiger partial charge < -0.3 is 14.6 Å². The van der Waals surface area contributed by atoms with Gasteiger partial charge in [0.15, 0.2) is 8.32 Å². The normalized spacial score (nSPS) is 20.2. The van der Waals surface area contributed by atoms with Gasteiger partial charge in [0.2, 0.25) is 5.91 Å². The summed E-state index contributed by atoms with van der Waals surface area (Å²) in [6.07, 6.45) is 1.43. The average Bonchev–Trinajstić information content (AvgIpc) is 2.89. The van der Waals surface area contributed by atoms with Crippen LogP contribution in [-0.4, -0.2) is 50.8 Å². The van der Waals surface area contributed by atoms with Gasteiger partial charge in [0, 0.05) is 32.8 Å². The molecular formula is C21H35N3O4Si. The lowest BCUT2D eigenvalue weighted by Crippen LogP contribution is -2.41. The summed E-state index contributed by atoms with van der Waals surface area (Å²) in [5.41, 5.74) is 0.491. The number of carbonyl (C=O) groups is 1. The van der Waals surface area contributed by atoms with Crippen molar-refractivity contribution in [3.05, 3.63) is 33.9 Å². The minimum Gasteiger partial charge on any atom is -0.417 e. The molecule has 0 aliphatic carbocycles. The van der Waals surface area contributed by atoms with E-state index in [9.17, 15) is 14.9 Å². The molecule has 8 heteroatoms. The number of anilines is 1. The van der Waals surface area contributed by atoms with Crippen molar-refractivity contribution in [1.29, 1.82) is 0 Å². The van der Waals surface area contributed by atoms with Crippen molar-refractivity contribution in [2.45, 2.75) is 64.1 Å². The number of hydrogen-bond donors (Lipinski definition) is 1. The van der Waals surface area contributed by atoms with Gasteiger partial charge in [-0.1, -0.05) is 26.8 Å². The third-order valence-electron chi connectivity index (χ3n) is 6.50. The molecule has 1 aromatic rings. The molecular weight excluding hydrogens is 386 g/mol. The fourth-order valence-corrected chi connectivity index (χ4v) is 4.39. The molecule has 1 heterocycles. The maximum absolute atomic E-state index is 12.5. The van der Waals surface area contributed by atoms with Gasteiger partial charge in [-0.3, -0.25) is 14.9 Å². The Balaban J connectivity index is 2.03. The Labute approximate surface area is 175 Å². The van der Waals surface area contributed by atoms with Crippen LogP contribution in [0.25, 0.3) is 0 Å². The first-order valence-corrected chi connectivity index (χ1v) is 13.1. The Morgan fingerprint density at radius 2 is 2.00 bits per heavy atom. The average molecular weight is 422 g/mol. The number of nitrogens with zero attached hydrogens (tertiary/aromatic N) is 2. The minimum atomic E-state index is -1.78. The predicted octanol–water partition coefficient (Wildman–Crippen LogP) is 4.54. The highest BCUT2D eigenvalue weighted by Crippen LogP contribution is 2.38. The van der Waals surface area contributed by atoms with Gasteiger partial charge in [-0.15, -0.1) is 0 Å². The topological polar surface area (TPSA) is 84.7 Å². The molecule has 1 atom stereocenters. The number of nitrogens with one attached hydrogen (secondary N) is 1. The summed E-state index contributed by atoms with van der Waals surface area (Å²) in [4.78, 5) is 25.4. The second-order valence-electron chi connectivity index (χ2n) is 9.69. The standard InChI is InChI=1S/C21H35N3O4Si/c1-20(2,3)29(6,7)28-14-8-12-22-17-10-9-16(15-18(17)24(26)27)21(4)11-13-23(5)19(21)25/h9-10,15,22H,8,11-14H2,1-7H3. The van der Waals surface area contributed by atoms with Crippen molar-refractivity contribution in [1.82, 2.24) is 4.90 Å². The second-order valence-corrected chi connectivity index (χ2v) is 14.5. The third kappa shape index (κ3) is 4.98. The smallest absolute Gasteiger partial charge is 0.292 e. The van der Waals surface area contributed by atoms with Crippen LogP contribution in [-0.2, 0) is 14.6 Å². The lowest BCUT2D eigenvalue weighted by atomic mass is 9.81. The van der Waals surface area contributed by atoms with Gasteiger partial charge in [0.05, 0.1) is 10.3 Å². The first-order chi connectivity index (χ1) is 13.3. The maximum atomic E-state index is 12.5. The van der Waals surface area contributed by atoms with E-state index in [1.165, 1.54) is 0 Å². The molecule has 0 aromatic heterocycles. The van der Waals surface area contributed by atoms with Crippen molar-refractivity contribution in [2.75, 3.05) is 32.1 Å². The van der Waals surface area contributed by atoms with E-state index in [0.29, 0.717) is 37.4 Å². The lowest BCUT2D eigenvalue weighted by molar-refractivity contribution is -0.384. The Hall–Kier alpha value is -1.93. The number of rotatable bonds is 8. The molecule has 2 rings (SSSR count). The quantitative estimate of drug-likeness (QED) is 0.288. The summed E-state index contributed by atoms with van der Waals surface area (Å²) in [5, 5.41) is 15.0. The molecule has 29 heavy (non-hydrogen) atoms. The largest absolute Gasteiger partial charge is 0.417 e. The van der Waals surface area contributed by atoms with Gasteiger partial charge in [0.1, 0.15) is 5.69 Å². The van der Waals surface area contributed by atoms with E-state index in [4.69, 9.17) is 4.43 Å². The first kappa shape index (κ1) is 23.3. The van der Waals surface area contributed by atoms with Crippen molar-refractivity contribution in [3.63, 3.8) is 0 Å². The van der Waals surface area contributed by atoms with E-state index in [0.717, 1.165) is 6.42 Å². The molecule has 1 aromatic carbocycles. The molecule has 0 spiro atoms. The summed E-state index contributed by atoms with van der Waals surface area (Å²) >= 11 is 0. The van der Waals surface area contributed by atoms with Crippen LogP contribution in [0.1, 0.15) is 46.1 Å². The molecule has 1 fully saturated rings. The maximum Gasteiger partial charge on any atom is 0.292 e. The Bertz CT molecular complexity index is 776. The number of nitro groups is 1. The number of hydrogen-bond acceptors (Lipinski definition) is 5. The van der Waals surface area contributed by atoms with Gasteiger partial charge in [0.25, 0.3) is 5.69 Å². The Morgan fingerprint density at radius 3 is 2.52 bits per heavy atom. The molecule has 0 bridgehead atoms. The van der Waals surface area contributed by atoms with E-state index < -0.39 is 13.7 Å². The summed E-state index contributed by atoms with van der Waals surface area (Å²) in [5.74, 6) is 0.00952. The number of carbonyl (C=O) groups excluding carboxylic acids is 1. The minimum absolute atomic E-state index is 0.00952. The van der Waals surface area contributed by atoms with E-state index in [-0.39, 0.29) is 21.6 Å². The summed E-state index contributed by atoms with van der Waals surface area (Å²) in [7, 11) is -0.0105. The van der Waals surface area contributed by atoms with Crippen molar-refractivity contribution >= 4 is 25.6 Å². The predicted molar refractivity (Wildman–Crippen MR) is 119 cm³/mol. The number of amides is 1. The van der Waals surface area contributed by atoms with Crippen LogP contribution in [0.4, 0.5) is 11.4 Å². The zero-order valence-electron chi connectivity index (χ0n) is 18.8. The molecule has 0 saturated carbocycles. The highest BCUT2D eigenvalue weighted by atomic mass is 28.4. The molecule has 1 amide bonds. The van der Waals surface area contributed by atoms with Gasteiger partial charge >= 0.3 is 0 Å². The van der Waals surface area contributed by atoms with Crippen molar-refractivity contribution in [3.8, 4) is 0 Å². The molecule has 7 nitrogen and oxygen atoms in total. The highest BCUT2D eigenvalue weighted by Gasteiger charge is 2.43. The molecule has 1 N–H and O–H groups in total. The number of benzene rings is 1. The Morgan fingerprint density at radius 1 is 1.34 bits per heavy atom. The monoisotopic (exact) mass is 421 g/mol. The molecule has 1 unspecified atom stereocenters. The van der Waals surface area contributed by atoms with Crippen LogP contribution in [0, 0.1) is 10.1 Å². The van der Waals surface area contributed by atoms with Crippen LogP contribution in [0.15, 0.2) is 18.2 Å². The van der Waals surface area contributed by atoms with Crippen LogP contribution >= 0.6 is 0 Å². The fraction of sp³-hybridized carbons (Fsp3) is 0.667. The number of likely N-dealkylation sites (N-methyl/N-ethyl adjacent to an activating group) is 1. The van der Waals surface area contributed by atoms with E-state index >= 15 is 0 Å². The van der Waals surface area contributed by atoms with Gasteiger partial charge in [-0.05, 0) is 49.5 Å². The molecule has 1 aliphatic heterocycles. The molecule has 1 saturated heterocycles. The zero-order valence-corrected chi connectivity index (χ0v) is 19.8. The lowest BCUT2D eigenvalue weighted by Gasteiger charge is -2.36. The van der Waals surface area contributed by atoms with E-state index in [2.05, 4.69) is 39.2 Å². The SMILES string of the molecule is CN1CCC(C)(c2ccc(NCCCO[Si](C)(C)C(C)(C)C)c([N+](=O)[O-])c2)C1=O. The third-order valence-corrected chi connectivity index (χ3v) is 11.0. The van der Waals surface area contributed by atoms with Crippen LogP contribution in [0.3, 0.4) is 0 Å². The number of likely N-dealkylation sites (tertiary alicyclic amines) is 1. The van der Waals surface area contributed by atoms with Crippen LogP contribution < -0.4 is 5.32 Å². The molecule has 162 valence electrons. The first-order valence-electron chi connectivity index (χ1n) is 10.2. The van der Waals surface area contributed by atoms with Crippen molar-refractivity contribution < 1.29 is 14.1 Å². The van der Waals surface area contributed by atoms with Gasteiger partial charge in [-0.25, -0.2) is 0 Å². The van der Waals surface area contributed by atoms with Crippen LogP contribution in [0.5, 0.6) is 0 Å². The van der Waals surface area contributed by atoms with E-state index in [1.54, 1.807) is 24.1 Å².